The average Bonchev–Trinajstić information content (AvgIpc) is 2.89. The van der Waals surface area contributed by atoms with E-state index in [0.29, 0.717) is 29.1 Å². The van der Waals surface area contributed by atoms with Gasteiger partial charge in [0.05, 0.1) is 19.0 Å². The highest BCUT2D eigenvalue weighted by Gasteiger charge is 2.10. The first-order valence-electron chi connectivity index (χ1n) is 7.67. The third-order valence-electron chi connectivity index (χ3n) is 3.77. The highest BCUT2D eigenvalue weighted by atomic mass is 16.5. The van der Waals surface area contributed by atoms with Crippen molar-refractivity contribution in [3.63, 3.8) is 0 Å². The Labute approximate surface area is 138 Å². The van der Waals surface area contributed by atoms with Crippen LogP contribution in [0.25, 0.3) is 11.1 Å². The van der Waals surface area contributed by atoms with Gasteiger partial charge in [0.1, 0.15) is 5.75 Å². The monoisotopic (exact) mass is 326 g/mol. The number of ether oxygens (including phenoxy) is 1. The summed E-state index contributed by atoms with van der Waals surface area (Å²) in [5.41, 5.74) is 2.62. The van der Waals surface area contributed by atoms with E-state index in [1.54, 1.807) is 25.3 Å². The molecule has 0 saturated carbocycles. The molecule has 6 heteroatoms. The summed E-state index contributed by atoms with van der Waals surface area (Å²) in [6.07, 6.45) is 0.231. The molecule has 124 valence electrons. The van der Waals surface area contributed by atoms with Gasteiger partial charge >= 0.3 is 5.76 Å². The molecule has 0 bridgehead atoms. The number of amides is 1. The number of aryl methyl sites for hydroxylation is 1. The Balaban J connectivity index is 1.76. The van der Waals surface area contributed by atoms with Gasteiger partial charge in [0.25, 0.3) is 0 Å². The number of carbonyl (C=O) groups excluding carboxylic acids is 1. The lowest BCUT2D eigenvalue weighted by atomic mass is 10.1. The second kappa shape index (κ2) is 6.62. The number of benzene rings is 2. The number of oxazole rings is 1. The predicted octanol–water partition coefficient (Wildman–Crippen LogP) is 2.80. The van der Waals surface area contributed by atoms with Crippen LogP contribution in [-0.2, 0) is 17.8 Å². The van der Waals surface area contributed by atoms with E-state index in [1.807, 2.05) is 31.2 Å². The summed E-state index contributed by atoms with van der Waals surface area (Å²) in [7, 11) is 1.59. The van der Waals surface area contributed by atoms with Crippen LogP contribution in [0.5, 0.6) is 5.75 Å². The molecule has 3 rings (SSSR count). The van der Waals surface area contributed by atoms with Crippen molar-refractivity contribution in [2.24, 2.45) is 0 Å². The zero-order valence-electron chi connectivity index (χ0n) is 13.5. The number of carbonyl (C=O) groups is 1. The zero-order valence-corrected chi connectivity index (χ0v) is 13.5. The Morgan fingerprint density at radius 1 is 1.25 bits per heavy atom. The van der Waals surface area contributed by atoms with Gasteiger partial charge in [-0.25, -0.2) is 4.79 Å². The summed E-state index contributed by atoms with van der Waals surface area (Å²) in [5.74, 6) is 0.164. The standard InChI is InChI=1S/C18H18N2O4/c1-3-20-15-8-7-13(11-16(15)24-18(20)22)19-17(21)10-12-5-4-6-14(9-12)23-2/h4-9,11H,3,10H2,1-2H3,(H,19,21). The van der Waals surface area contributed by atoms with Crippen LogP contribution in [-0.4, -0.2) is 17.6 Å². The Bertz CT molecular complexity index is 940. The first-order valence-corrected chi connectivity index (χ1v) is 7.67. The zero-order chi connectivity index (χ0) is 17.1. The van der Waals surface area contributed by atoms with Gasteiger partial charge in [0.15, 0.2) is 5.58 Å². The van der Waals surface area contributed by atoms with Gasteiger partial charge in [-0.1, -0.05) is 12.1 Å². The summed E-state index contributed by atoms with van der Waals surface area (Å²) in [6.45, 7) is 2.41. The van der Waals surface area contributed by atoms with Crippen molar-refractivity contribution < 1.29 is 13.9 Å². The lowest BCUT2D eigenvalue weighted by Gasteiger charge is -2.07. The fourth-order valence-corrected chi connectivity index (χ4v) is 2.62. The maximum absolute atomic E-state index is 12.2. The average molecular weight is 326 g/mol. The Morgan fingerprint density at radius 3 is 2.83 bits per heavy atom. The molecule has 1 aromatic heterocycles. The minimum absolute atomic E-state index is 0.153. The molecule has 0 aliphatic carbocycles. The van der Waals surface area contributed by atoms with Crippen LogP contribution in [0.4, 0.5) is 5.69 Å². The van der Waals surface area contributed by atoms with E-state index in [-0.39, 0.29) is 12.3 Å². The van der Waals surface area contributed by atoms with Crippen molar-refractivity contribution in [3.05, 3.63) is 58.6 Å². The van der Waals surface area contributed by atoms with Gasteiger partial charge in [-0.2, -0.15) is 0 Å². The van der Waals surface area contributed by atoms with Gasteiger partial charge in [-0.3, -0.25) is 9.36 Å². The Kier molecular flexibility index (Phi) is 4.37. The molecule has 0 aliphatic heterocycles. The van der Waals surface area contributed by atoms with Crippen LogP contribution in [0.2, 0.25) is 0 Å². The first-order chi connectivity index (χ1) is 11.6. The molecule has 0 fully saturated rings. The van der Waals surface area contributed by atoms with Crippen LogP contribution >= 0.6 is 0 Å². The smallest absolute Gasteiger partial charge is 0.419 e. The number of hydrogen-bond donors (Lipinski definition) is 1. The molecule has 0 atom stereocenters. The van der Waals surface area contributed by atoms with Gasteiger partial charge < -0.3 is 14.5 Å². The van der Waals surface area contributed by atoms with Crippen molar-refractivity contribution in [2.75, 3.05) is 12.4 Å². The van der Waals surface area contributed by atoms with Gasteiger partial charge in [0, 0.05) is 18.3 Å². The molecule has 0 aliphatic rings. The summed E-state index contributed by atoms with van der Waals surface area (Å²) in [4.78, 5) is 23.9. The third-order valence-corrected chi connectivity index (χ3v) is 3.77. The van der Waals surface area contributed by atoms with Crippen LogP contribution in [0.1, 0.15) is 12.5 Å². The molecule has 24 heavy (non-hydrogen) atoms. The second-order valence-corrected chi connectivity index (χ2v) is 5.37. The normalized spacial score (nSPS) is 10.8. The number of hydrogen-bond acceptors (Lipinski definition) is 4. The lowest BCUT2D eigenvalue weighted by Crippen LogP contribution is -2.14. The molecule has 3 aromatic rings. The molecule has 0 unspecified atom stereocenters. The Morgan fingerprint density at radius 2 is 2.08 bits per heavy atom. The molecular formula is C18H18N2O4. The van der Waals surface area contributed by atoms with E-state index >= 15 is 0 Å². The summed E-state index contributed by atoms with van der Waals surface area (Å²) in [6, 6.07) is 12.5. The van der Waals surface area contributed by atoms with Crippen LogP contribution in [0, 0.1) is 0 Å². The van der Waals surface area contributed by atoms with Crippen molar-refractivity contribution in [2.45, 2.75) is 19.9 Å². The van der Waals surface area contributed by atoms with Crippen LogP contribution in [0.3, 0.4) is 0 Å². The lowest BCUT2D eigenvalue weighted by molar-refractivity contribution is -0.115. The number of anilines is 1. The minimum Gasteiger partial charge on any atom is -0.497 e. The molecular weight excluding hydrogens is 308 g/mol. The number of nitrogens with zero attached hydrogens (tertiary/aromatic N) is 1. The van der Waals surface area contributed by atoms with Gasteiger partial charge in [-0.15, -0.1) is 0 Å². The van der Waals surface area contributed by atoms with Crippen molar-refractivity contribution in [1.29, 1.82) is 0 Å². The van der Waals surface area contributed by atoms with E-state index in [4.69, 9.17) is 9.15 Å². The predicted molar refractivity (Wildman–Crippen MR) is 91.5 cm³/mol. The van der Waals surface area contributed by atoms with Crippen LogP contribution < -0.4 is 15.8 Å². The van der Waals surface area contributed by atoms with E-state index in [2.05, 4.69) is 5.32 Å². The third kappa shape index (κ3) is 3.17. The van der Waals surface area contributed by atoms with E-state index in [0.717, 1.165) is 5.56 Å². The summed E-state index contributed by atoms with van der Waals surface area (Å²) >= 11 is 0. The fourth-order valence-electron chi connectivity index (χ4n) is 2.62. The molecule has 1 N–H and O–H groups in total. The highest BCUT2D eigenvalue weighted by molar-refractivity contribution is 5.94. The summed E-state index contributed by atoms with van der Waals surface area (Å²) < 4.78 is 11.9. The second-order valence-electron chi connectivity index (χ2n) is 5.37. The van der Waals surface area contributed by atoms with E-state index in [1.165, 1.54) is 4.57 Å². The largest absolute Gasteiger partial charge is 0.497 e. The molecule has 6 nitrogen and oxygen atoms in total. The van der Waals surface area contributed by atoms with Crippen LogP contribution in [0.15, 0.2) is 51.7 Å². The number of aromatic nitrogens is 1. The maximum Gasteiger partial charge on any atom is 0.419 e. The number of rotatable bonds is 5. The van der Waals surface area contributed by atoms with Crippen molar-refractivity contribution in [3.8, 4) is 5.75 Å². The topological polar surface area (TPSA) is 73.5 Å². The van der Waals surface area contributed by atoms with Crippen molar-refractivity contribution in [1.82, 2.24) is 4.57 Å². The molecule has 0 radical (unpaired) electrons. The minimum atomic E-state index is -0.396. The molecule has 2 aromatic carbocycles. The maximum atomic E-state index is 12.2. The van der Waals surface area contributed by atoms with E-state index in [9.17, 15) is 9.59 Å². The molecule has 0 spiro atoms. The van der Waals surface area contributed by atoms with Gasteiger partial charge in [0.2, 0.25) is 5.91 Å². The number of methoxy groups -OCH3 is 1. The summed E-state index contributed by atoms with van der Waals surface area (Å²) in [5, 5.41) is 2.82. The quantitative estimate of drug-likeness (QED) is 0.782. The highest BCUT2D eigenvalue weighted by Crippen LogP contribution is 2.19. The van der Waals surface area contributed by atoms with Gasteiger partial charge in [-0.05, 0) is 36.8 Å². The number of fused-ring (bicyclic) bond motifs is 1. The number of nitrogens with one attached hydrogen (secondary N) is 1. The van der Waals surface area contributed by atoms with E-state index < -0.39 is 5.76 Å². The van der Waals surface area contributed by atoms with Crippen molar-refractivity contribution >= 4 is 22.7 Å². The fraction of sp³-hybridized carbons (Fsp3) is 0.222. The molecule has 1 amide bonds. The Hall–Kier alpha value is -3.02. The molecule has 1 heterocycles. The first kappa shape index (κ1) is 15.9. The SMILES string of the molecule is CCn1c(=O)oc2cc(NC(=O)Cc3cccc(OC)c3)ccc21. The molecule has 0 saturated heterocycles.